The lowest BCUT2D eigenvalue weighted by Crippen LogP contribution is -2.43. The molecule has 8 nitrogen and oxygen atoms in total. The van der Waals surface area contributed by atoms with Crippen LogP contribution in [0.3, 0.4) is 0 Å². The average Bonchev–Trinajstić information content (AvgIpc) is 3.45. The molecule has 3 aromatic carbocycles. The summed E-state index contributed by atoms with van der Waals surface area (Å²) in [4.78, 5) is 24.3. The topological polar surface area (TPSA) is 106 Å². The minimum Gasteiger partial charge on any atom is -0.480 e. The summed E-state index contributed by atoms with van der Waals surface area (Å²) >= 11 is 0. The summed E-state index contributed by atoms with van der Waals surface area (Å²) in [5.41, 5.74) is 5.94. The zero-order valence-corrected chi connectivity index (χ0v) is 18.9. The molecular formula is C27H24N4O4. The molecular weight excluding hydrogens is 444 g/mol. The van der Waals surface area contributed by atoms with Gasteiger partial charge in [-0.15, -0.1) is 5.10 Å². The van der Waals surface area contributed by atoms with Crippen LogP contribution in [0, 0.1) is 0 Å². The van der Waals surface area contributed by atoms with Crippen LogP contribution in [0.4, 0.5) is 4.79 Å². The number of rotatable bonds is 8. The van der Waals surface area contributed by atoms with Crippen LogP contribution in [0.25, 0.3) is 11.1 Å². The zero-order valence-electron chi connectivity index (χ0n) is 18.9. The van der Waals surface area contributed by atoms with Crippen LogP contribution >= 0.6 is 0 Å². The SMILES string of the molecule is O=C(NC(Cc1cn(Cc2ccccc2)nn1)C(=O)O)OCC1c2ccccc2-c2ccccc21. The molecule has 5 rings (SSSR count). The van der Waals surface area contributed by atoms with Gasteiger partial charge >= 0.3 is 12.1 Å². The molecule has 0 spiro atoms. The van der Waals surface area contributed by atoms with E-state index in [4.69, 9.17) is 4.74 Å². The van der Waals surface area contributed by atoms with Gasteiger partial charge in [-0.3, -0.25) is 0 Å². The van der Waals surface area contributed by atoms with Crippen molar-refractivity contribution in [1.29, 1.82) is 0 Å². The summed E-state index contributed by atoms with van der Waals surface area (Å²) in [5, 5.41) is 20.2. The van der Waals surface area contributed by atoms with Crippen molar-refractivity contribution in [3.63, 3.8) is 0 Å². The quantitative estimate of drug-likeness (QED) is 0.407. The number of hydrogen-bond acceptors (Lipinski definition) is 5. The summed E-state index contributed by atoms with van der Waals surface area (Å²) in [6.07, 6.45) is 0.896. The number of aliphatic carboxylic acids is 1. The van der Waals surface area contributed by atoms with Crippen molar-refractivity contribution >= 4 is 12.1 Å². The third-order valence-corrected chi connectivity index (χ3v) is 6.12. The molecule has 1 aliphatic carbocycles. The zero-order chi connectivity index (χ0) is 24.2. The fourth-order valence-corrected chi connectivity index (χ4v) is 4.47. The molecule has 0 bridgehead atoms. The van der Waals surface area contributed by atoms with Gasteiger partial charge in [0.1, 0.15) is 12.6 Å². The Labute approximate surface area is 202 Å². The first kappa shape index (κ1) is 22.3. The summed E-state index contributed by atoms with van der Waals surface area (Å²) in [6, 6.07) is 24.6. The Balaban J connectivity index is 1.21. The number of nitrogens with one attached hydrogen (secondary N) is 1. The molecule has 1 amide bonds. The van der Waals surface area contributed by atoms with Gasteiger partial charge in [0, 0.05) is 18.5 Å². The maximum absolute atomic E-state index is 12.5. The molecule has 0 saturated carbocycles. The van der Waals surface area contributed by atoms with E-state index in [1.165, 1.54) is 0 Å². The third kappa shape index (κ3) is 4.91. The van der Waals surface area contributed by atoms with Crippen molar-refractivity contribution in [2.24, 2.45) is 0 Å². The smallest absolute Gasteiger partial charge is 0.407 e. The summed E-state index contributed by atoms with van der Waals surface area (Å²) in [6.45, 7) is 0.630. The van der Waals surface area contributed by atoms with Crippen LogP contribution in [-0.2, 0) is 22.5 Å². The Bertz CT molecular complexity index is 1310. The normalized spacial score (nSPS) is 13.0. The first-order valence-corrected chi connectivity index (χ1v) is 11.4. The maximum atomic E-state index is 12.5. The van der Waals surface area contributed by atoms with Gasteiger partial charge in [-0.05, 0) is 27.8 Å². The molecule has 2 N–H and O–H groups in total. The Morgan fingerprint density at radius 3 is 2.23 bits per heavy atom. The highest BCUT2D eigenvalue weighted by Gasteiger charge is 2.30. The van der Waals surface area contributed by atoms with Crippen molar-refractivity contribution in [1.82, 2.24) is 20.3 Å². The van der Waals surface area contributed by atoms with E-state index in [-0.39, 0.29) is 18.9 Å². The highest BCUT2D eigenvalue weighted by molar-refractivity contribution is 5.81. The second-order valence-electron chi connectivity index (χ2n) is 8.46. The summed E-state index contributed by atoms with van der Waals surface area (Å²) in [5.74, 6) is -1.27. The lowest BCUT2D eigenvalue weighted by molar-refractivity contribution is -0.139. The number of ether oxygens (including phenoxy) is 1. The molecule has 0 aliphatic heterocycles. The fourth-order valence-electron chi connectivity index (χ4n) is 4.47. The molecule has 35 heavy (non-hydrogen) atoms. The molecule has 1 heterocycles. The summed E-state index contributed by atoms with van der Waals surface area (Å²) in [7, 11) is 0. The largest absolute Gasteiger partial charge is 0.480 e. The van der Waals surface area contributed by atoms with Crippen LogP contribution in [0.1, 0.15) is 28.3 Å². The number of fused-ring (bicyclic) bond motifs is 3. The minimum absolute atomic E-state index is 0.00564. The highest BCUT2D eigenvalue weighted by Crippen LogP contribution is 2.44. The molecule has 1 atom stereocenters. The molecule has 0 saturated heterocycles. The molecule has 0 radical (unpaired) electrons. The standard InChI is InChI=1S/C27H24N4O4/c32-26(33)25(14-19-16-31(30-29-19)15-18-8-2-1-3-9-18)28-27(34)35-17-24-22-12-6-4-10-20(22)21-11-5-7-13-23(21)24/h1-13,16,24-25H,14-15,17H2,(H,28,34)(H,32,33). The van der Waals surface area contributed by atoms with E-state index in [1.54, 1.807) is 10.9 Å². The van der Waals surface area contributed by atoms with Gasteiger partial charge in [-0.1, -0.05) is 84.1 Å². The second-order valence-corrected chi connectivity index (χ2v) is 8.46. The number of carbonyl (C=O) groups excluding carboxylic acids is 1. The molecule has 1 unspecified atom stereocenters. The van der Waals surface area contributed by atoms with Crippen LogP contribution in [0.5, 0.6) is 0 Å². The Kier molecular flexibility index (Phi) is 6.26. The van der Waals surface area contributed by atoms with E-state index in [0.29, 0.717) is 12.2 Å². The van der Waals surface area contributed by atoms with Crippen molar-refractivity contribution < 1.29 is 19.4 Å². The van der Waals surface area contributed by atoms with E-state index in [0.717, 1.165) is 27.8 Å². The van der Waals surface area contributed by atoms with Crippen LogP contribution in [-0.4, -0.2) is 44.8 Å². The fraction of sp³-hybridized carbons (Fsp3) is 0.185. The number of alkyl carbamates (subject to hydrolysis) is 1. The number of hydrogen-bond donors (Lipinski definition) is 2. The molecule has 0 fully saturated rings. The molecule has 8 heteroatoms. The number of amides is 1. The first-order chi connectivity index (χ1) is 17.1. The van der Waals surface area contributed by atoms with Gasteiger partial charge in [0.2, 0.25) is 0 Å². The van der Waals surface area contributed by atoms with E-state index < -0.39 is 18.1 Å². The Morgan fingerprint density at radius 1 is 0.943 bits per heavy atom. The molecule has 1 aromatic heterocycles. The predicted octanol–water partition coefficient (Wildman–Crippen LogP) is 3.86. The van der Waals surface area contributed by atoms with Crippen molar-refractivity contribution in [2.75, 3.05) is 6.61 Å². The predicted molar refractivity (Wildman–Crippen MR) is 129 cm³/mol. The van der Waals surface area contributed by atoms with Crippen LogP contribution in [0.15, 0.2) is 85.1 Å². The Morgan fingerprint density at radius 2 is 1.57 bits per heavy atom. The second kappa shape index (κ2) is 9.80. The van der Waals surface area contributed by atoms with Gasteiger partial charge in [0.05, 0.1) is 12.2 Å². The summed E-state index contributed by atoms with van der Waals surface area (Å²) < 4.78 is 7.12. The Hall–Kier alpha value is -4.46. The monoisotopic (exact) mass is 468 g/mol. The molecule has 4 aromatic rings. The number of benzene rings is 3. The van der Waals surface area contributed by atoms with Crippen molar-refractivity contribution in [2.45, 2.75) is 24.9 Å². The minimum atomic E-state index is -1.19. The van der Waals surface area contributed by atoms with Crippen LogP contribution < -0.4 is 5.32 Å². The van der Waals surface area contributed by atoms with Gasteiger partial charge in [0.25, 0.3) is 0 Å². The lowest BCUT2D eigenvalue weighted by Gasteiger charge is -2.17. The number of aromatic nitrogens is 3. The van der Waals surface area contributed by atoms with E-state index in [9.17, 15) is 14.7 Å². The van der Waals surface area contributed by atoms with Crippen molar-refractivity contribution in [3.05, 3.63) is 107 Å². The molecule has 1 aliphatic rings. The van der Waals surface area contributed by atoms with Crippen LogP contribution in [0.2, 0.25) is 0 Å². The number of carboxylic acids is 1. The third-order valence-electron chi connectivity index (χ3n) is 6.12. The van der Waals surface area contributed by atoms with Gasteiger partial charge in [-0.25, -0.2) is 14.3 Å². The number of carbonyl (C=O) groups is 2. The number of nitrogens with zero attached hydrogens (tertiary/aromatic N) is 3. The van der Waals surface area contributed by atoms with E-state index >= 15 is 0 Å². The van der Waals surface area contributed by atoms with Gasteiger partial charge in [0.15, 0.2) is 0 Å². The van der Waals surface area contributed by atoms with E-state index in [2.05, 4.69) is 27.8 Å². The first-order valence-electron chi connectivity index (χ1n) is 11.4. The number of carboxylic acid groups (broad SMARTS) is 1. The van der Waals surface area contributed by atoms with Crippen molar-refractivity contribution in [3.8, 4) is 11.1 Å². The molecule has 176 valence electrons. The highest BCUT2D eigenvalue weighted by atomic mass is 16.5. The maximum Gasteiger partial charge on any atom is 0.407 e. The van der Waals surface area contributed by atoms with Gasteiger partial charge < -0.3 is 15.2 Å². The average molecular weight is 469 g/mol. The lowest BCUT2D eigenvalue weighted by atomic mass is 9.98. The van der Waals surface area contributed by atoms with Gasteiger partial charge in [-0.2, -0.15) is 0 Å². The van der Waals surface area contributed by atoms with E-state index in [1.807, 2.05) is 66.7 Å².